The number of rotatable bonds is 5. The number of nitrogens with zero attached hydrogens (tertiary/aromatic N) is 2. The molecule has 1 aromatic heterocycles. The zero-order valence-electron chi connectivity index (χ0n) is 21.3. The SMILES string of the molecule is Cl.Cl.O=C1C(=Cc2cn(S(=O)(=O)c3cccc(Cl)c3Cl)c3ccccc23)Oc2c1ccc(O)c2CN1CCNCC1. The quantitative estimate of drug-likeness (QED) is 0.264. The number of aromatic hydroxyl groups is 1. The Hall–Kier alpha value is -2.76. The molecule has 0 bridgehead atoms. The molecular weight excluding hydrogens is 632 g/mol. The summed E-state index contributed by atoms with van der Waals surface area (Å²) in [6.07, 6.45) is 2.96. The van der Waals surface area contributed by atoms with Crippen LogP contribution in [0.5, 0.6) is 11.5 Å². The Morgan fingerprint density at radius 1 is 1.00 bits per heavy atom. The van der Waals surface area contributed by atoms with Gasteiger partial charge in [-0.15, -0.1) is 24.8 Å². The van der Waals surface area contributed by atoms with Gasteiger partial charge < -0.3 is 15.2 Å². The molecule has 2 aliphatic rings. The number of hydrogen-bond acceptors (Lipinski definition) is 7. The fourth-order valence-corrected chi connectivity index (χ4v) is 7.08. The lowest BCUT2D eigenvalue weighted by Crippen LogP contribution is -2.42. The largest absolute Gasteiger partial charge is 0.507 e. The van der Waals surface area contributed by atoms with Gasteiger partial charge in [0.1, 0.15) is 16.4 Å². The molecule has 1 fully saturated rings. The molecule has 0 unspecified atom stereocenters. The van der Waals surface area contributed by atoms with Crippen molar-refractivity contribution >= 4 is 80.8 Å². The lowest BCUT2D eigenvalue weighted by molar-refractivity contribution is 0.101. The summed E-state index contributed by atoms with van der Waals surface area (Å²) in [5.41, 5.74) is 1.77. The molecule has 4 aromatic rings. The number of piperazine rings is 1. The van der Waals surface area contributed by atoms with Gasteiger partial charge in [-0.1, -0.05) is 47.5 Å². The highest BCUT2D eigenvalue weighted by Gasteiger charge is 2.33. The van der Waals surface area contributed by atoms with Crippen molar-refractivity contribution in [2.75, 3.05) is 26.2 Å². The van der Waals surface area contributed by atoms with Crippen molar-refractivity contribution in [3.63, 3.8) is 0 Å². The van der Waals surface area contributed by atoms with Gasteiger partial charge in [-0.3, -0.25) is 9.69 Å². The smallest absolute Gasteiger partial charge is 0.269 e. The first kappa shape index (κ1) is 31.2. The highest BCUT2D eigenvalue weighted by Crippen LogP contribution is 2.41. The highest BCUT2D eigenvalue weighted by molar-refractivity contribution is 7.90. The number of carbonyl (C=O) groups is 1. The van der Waals surface area contributed by atoms with Crippen molar-refractivity contribution in [2.45, 2.75) is 11.4 Å². The fraction of sp³-hybridized carbons (Fsp3) is 0.179. The number of phenols is 1. The van der Waals surface area contributed by atoms with Gasteiger partial charge in [-0.2, -0.15) is 0 Å². The summed E-state index contributed by atoms with van der Waals surface area (Å²) in [4.78, 5) is 15.4. The number of Topliss-reactive ketones (excluding diaryl/α,β-unsaturated/α-hetero) is 1. The van der Waals surface area contributed by atoms with E-state index >= 15 is 0 Å². The van der Waals surface area contributed by atoms with Crippen LogP contribution >= 0.6 is 48.0 Å². The second-order valence-corrected chi connectivity index (χ2v) is 11.9. The molecule has 0 aliphatic carbocycles. The highest BCUT2D eigenvalue weighted by atomic mass is 35.5. The number of ketones is 1. The topological polar surface area (TPSA) is 101 Å². The molecule has 0 amide bonds. The van der Waals surface area contributed by atoms with E-state index in [2.05, 4.69) is 10.2 Å². The summed E-state index contributed by atoms with van der Waals surface area (Å²) in [6.45, 7) is 3.74. The normalized spacial score (nSPS) is 16.2. The van der Waals surface area contributed by atoms with Gasteiger partial charge >= 0.3 is 0 Å². The zero-order chi connectivity index (χ0) is 27.3. The first-order chi connectivity index (χ1) is 18.8. The number of aromatic nitrogens is 1. The number of halogens is 4. The molecule has 1 saturated heterocycles. The van der Waals surface area contributed by atoms with Crippen molar-refractivity contribution in [1.82, 2.24) is 14.2 Å². The standard InChI is InChI=1S/C28H23Cl2N3O5S.2ClH/c29-21-5-3-7-25(26(21)30)39(36,37)33-15-17(18-4-1-2-6-22(18)33)14-24-27(35)19-8-9-23(34)20(28(19)38-24)16-32-12-10-31-11-13-32;;/h1-9,14-15,31,34H,10-13,16H2;2*1H. The number of allylic oxidation sites excluding steroid dienone is 1. The number of hydrogen-bond donors (Lipinski definition) is 2. The predicted molar refractivity (Wildman–Crippen MR) is 165 cm³/mol. The Morgan fingerprint density at radius 2 is 1.73 bits per heavy atom. The molecule has 13 heteroatoms. The molecule has 8 nitrogen and oxygen atoms in total. The summed E-state index contributed by atoms with van der Waals surface area (Å²) < 4.78 is 34.5. The van der Waals surface area contributed by atoms with Crippen LogP contribution in [0.2, 0.25) is 10.0 Å². The summed E-state index contributed by atoms with van der Waals surface area (Å²) >= 11 is 12.4. The molecule has 0 saturated carbocycles. The number of phenolic OH excluding ortho intramolecular Hbond substituents is 1. The van der Waals surface area contributed by atoms with E-state index in [0.717, 1.165) is 30.2 Å². The minimum absolute atomic E-state index is 0. The van der Waals surface area contributed by atoms with Gasteiger partial charge in [0.05, 0.1) is 26.7 Å². The van der Waals surface area contributed by atoms with Gasteiger partial charge in [-0.05, 0) is 36.4 Å². The lowest BCUT2D eigenvalue weighted by atomic mass is 10.0. The van der Waals surface area contributed by atoms with Crippen LogP contribution in [0.3, 0.4) is 0 Å². The van der Waals surface area contributed by atoms with Crippen LogP contribution in [-0.4, -0.2) is 54.4 Å². The Labute approximate surface area is 259 Å². The zero-order valence-corrected chi connectivity index (χ0v) is 25.3. The molecule has 6 rings (SSSR count). The van der Waals surface area contributed by atoms with E-state index in [1.165, 1.54) is 36.5 Å². The Bertz CT molecular complexity index is 1780. The van der Waals surface area contributed by atoms with Gasteiger partial charge in [0.25, 0.3) is 10.0 Å². The van der Waals surface area contributed by atoms with Crippen molar-refractivity contribution in [2.24, 2.45) is 0 Å². The maximum atomic E-state index is 13.6. The van der Waals surface area contributed by atoms with Crippen molar-refractivity contribution in [3.8, 4) is 11.5 Å². The average Bonchev–Trinajstić information content (AvgIpc) is 3.46. The maximum absolute atomic E-state index is 13.6. The van der Waals surface area contributed by atoms with E-state index in [0.29, 0.717) is 39.9 Å². The van der Waals surface area contributed by atoms with Crippen LogP contribution in [0, 0.1) is 0 Å². The van der Waals surface area contributed by atoms with E-state index in [-0.39, 0.29) is 57.0 Å². The van der Waals surface area contributed by atoms with Crippen molar-refractivity contribution < 1.29 is 23.1 Å². The third-order valence-electron chi connectivity index (χ3n) is 6.96. The van der Waals surface area contributed by atoms with Crippen LogP contribution in [0.15, 0.2) is 71.4 Å². The third-order valence-corrected chi connectivity index (χ3v) is 9.60. The van der Waals surface area contributed by atoms with Crippen LogP contribution < -0.4 is 10.1 Å². The maximum Gasteiger partial charge on any atom is 0.269 e. The van der Waals surface area contributed by atoms with Gasteiger partial charge in [-0.25, -0.2) is 12.4 Å². The van der Waals surface area contributed by atoms with Crippen molar-refractivity contribution in [1.29, 1.82) is 0 Å². The monoisotopic (exact) mass is 655 g/mol. The van der Waals surface area contributed by atoms with E-state index in [1.54, 1.807) is 30.3 Å². The van der Waals surface area contributed by atoms with Crippen LogP contribution in [0.25, 0.3) is 17.0 Å². The molecule has 2 N–H and O–H groups in total. The van der Waals surface area contributed by atoms with Crippen LogP contribution in [0.1, 0.15) is 21.5 Å². The van der Waals surface area contributed by atoms with Gasteiger partial charge in [0.15, 0.2) is 5.76 Å². The molecule has 0 spiro atoms. The molecule has 0 radical (unpaired) electrons. The number of benzene rings is 3. The molecule has 2 aliphatic heterocycles. The minimum Gasteiger partial charge on any atom is -0.507 e. The molecular formula is C28H25Cl4N3O5S. The number of para-hydroxylation sites is 1. The van der Waals surface area contributed by atoms with Crippen LogP contribution in [-0.2, 0) is 16.6 Å². The van der Waals surface area contributed by atoms with Gasteiger partial charge in [0, 0.05) is 49.9 Å². The lowest BCUT2D eigenvalue weighted by Gasteiger charge is -2.27. The minimum atomic E-state index is -4.13. The number of nitrogens with one attached hydrogen (secondary N) is 1. The number of fused-ring (bicyclic) bond motifs is 2. The van der Waals surface area contributed by atoms with Crippen LogP contribution in [0.4, 0.5) is 0 Å². The summed E-state index contributed by atoms with van der Waals surface area (Å²) in [5.74, 6) is 0.0802. The first-order valence-electron chi connectivity index (χ1n) is 12.3. The van der Waals surface area contributed by atoms with E-state index in [1.807, 2.05) is 0 Å². The molecule has 3 heterocycles. The fourth-order valence-electron chi connectivity index (χ4n) is 4.96. The number of carbonyl (C=O) groups excluding carboxylic acids is 1. The number of ether oxygens (including phenoxy) is 1. The average molecular weight is 657 g/mol. The first-order valence-corrected chi connectivity index (χ1v) is 14.5. The van der Waals surface area contributed by atoms with E-state index in [9.17, 15) is 18.3 Å². The summed E-state index contributed by atoms with van der Waals surface area (Å²) in [6, 6.07) is 14.4. The van der Waals surface area contributed by atoms with E-state index < -0.39 is 10.0 Å². The Balaban J connectivity index is 0.00000194. The van der Waals surface area contributed by atoms with Crippen molar-refractivity contribution in [3.05, 3.63) is 93.3 Å². The summed E-state index contributed by atoms with van der Waals surface area (Å²) in [5, 5.41) is 14.6. The predicted octanol–water partition coefficient (Wildman–Crippen LogP) is 5.76. The van der Waals surface area contributed by atoms with E-state index in [4.69, 9.17) is 27.9 Å². The molecule has 0 atom stereocenters. The molecule has 3 aromatic carbocycles. The second kappa shape index (κ2) is 12.2. The third kappa shape index (κ3) is 5.56. The summed E-state index contributed by atoms with van der Waals surface area (Å²) in [7, 11) is -4.13. The van der Waals surface area contributed by atoms with Gasteiger partial charge in [0.2, 0.25) is 5.78 Å². The molecule has 216 valence electrons. The molecule has 41 heavy (non-hydrogen) atoms. The Kier molecular flexibility index (Phi) is 9.30. The second-order valence-electron chi connectivity index (χ2n) is 9.36. The Morgan fingerprint density at radius 3 is 2.49 bits per heavy atom.